The van der Waals surface area contributed by atoms with E-state index in [2.05, 4.69) is 4.98 Å². The molecule has 1 aliphatic carbocycles. The van der Waals surface area contributed by atoms with E-state index in [-0.39, 0.29) is 30.9 Å². The number of imidazole rings is 1. The number of alkyl halides is 2. The molecule has 0 radical (unpaired) electrons. The van der Waals surface area contributed by atoms with Gasteiger partial charge in [-0.1, -0.05) is 12.1 Å². The molecule has 7 nitrogen and oxygen atoms in total. The van der Waals surface area contributed by atoms with Crippen LogP contribution in [0.15, 0.2) is 47.7 Å². The Hall–Kier alpha value is -3.49. The molecule has 2 aromatic heterocycles. The van der Waals surface area contributed by atoms with Gasteiger partial charge in [-0.05, 0) is 30.7 Å². The van der Waals surface area contributed by atoms with Crippen LogP contribution in [-0.4, -0.2) is 50.5 Å². The lowest BCUT2D eigenvalue weighted by molar-refractivity contribution is 0.0127. The number of pyridine rings is 1. The van der Waals surface area contributed by atoms with Crippen molar-refractivity contribution in [2.24, 2.45) is 0 Å². The average Bonchev–Trinajstić information content (AvgIpc) is 3.32. The van der Waals surface area contributed by atoms with Gasteiger partial charge in [-0.2, -0.15) is 0 Å². The van der Waals surface area contributed by atoms with E-state index >= 15 is 0 Å². The van der Waals surface area contributed by atoms with Crippen LogP contribution in [0, 0.1) is 6.92 Å². The van der Waals surface area contributed by atoms with Crippen LogP contribution in [0.1, 0.15) is 27.3 Å². The number of fused-ring (bicyclic) bond motifs is 2. The molecule has 9 heteroatoms. The molecule has 1 amide bonds. The third kappa shape index (κ3) is 3.57. The van der Waals surface area contributed by atoms with Gasteiger partial charge in [-0.25, -0.2) is 13.8 Å². The predicted octanol–water partition coefficient (Wildman–Crippen LogP) is 2.61. The van der Waals surface area contributed by atoms with Crippen molar-refractivity contribution >= 4 is 5.91 Å². The van der Waals surface area contributed by atoms with Crippen LogP contribution in [0.25, 0.3) is 5.69 Å². The Morgan fingerprint density at radius 3 is 2.75 bits per heavy atom. The number of halogens is 2. The van der Waals surface area contributed by atoms with Crippen LogP contribution < -0.4 is 10.3 Å². The number of benzene rings is 1. The van der Waals surface area contributed by atoms with Gasteiger partial charge in [-0.15, -0.1) is 0 Å². The fourth-order valence-electron chi connectivity index (χ4n) is 4.40. The normalized spacial score (nSPS) is 16.7. The highest BCUT2D eigenvalue weighted by atomic mass is 19.3. The van der Waals surface area contributed by atoms with Crippen LogP contribution in [0.4, 0.5) is 8.78 Å². The van der Waals surface area contributed by atoms with E-state index in [9.17, 15) is 18.4 Å². The number of hydrogen-bond acceptors (Lipinski definition) is 4. The molecule has 0 atom stereocenters. The molecule has 32 heavy (non-hydrogen) atoms. The molecule has 166 valence electrons. The summed E-state index contributed by atoms with van der Waals surface area (Å²) in [6.45, 7) is 3.06. The van der Waals surface area contributed by atoms with E-state index in [1.807, 2.05) is 6.92 Å². The minimum Gasteiger partial charge on any atom is -0.491 e. The number of aryl methyl sites for hydroxylation is 1. The Kier molecular flexibility index (Phi) is 4.83. The van der Waals surface area contributed by atoms with Crippen molar-refractivity contribution in [2.45, 2.75) is 32.2 Å². The number of carbonyl (C=O) groups is 1. The lowest BCUT2D eigenvalue weighted by atomic mass is 10.1. The molecular weight excluding hydrogens is 418 g/mol. The molecule has 0 saturated carbocycles. The summed E-state index contributed by atoms with van der Waals surface area (Å²) in [7, 11) is 0. The Morgan fingerprint density at radius 1 is 1.12 bits per heavy atom. The third-order valence-corrected chi connectivity index (χ3v) is 5.98. The van der Waals surface area contributed by atoms with E-state index in [1.54, 1.807) is 52.3 Å². The highest BCUT2D eigenvalue weighted by molar-refractivity contribution is 5.93. The van der Waals surface area contributed by atoms with Crippen LogP contribution in [0.3, 0.4) is 0 Å². The zero-order valence-electron chi connectivity index (χ0n) is 17.6. The first-order valence-corrected chi connectivity index (χ1v) is 10.5. The summed E-state index contributed by atoms with van der Waals surface area (Å²) in [5.74, 6) is -2.55. The molecular formula is C23H22F2N4O3. The number of nitrogens with zero attached hydrogens (tertiary/aromatic N) is 4. The van der Waals surface area contributed by atoms with Crippen LogP contribution in [0.5, 0.6) is 5.75 Å². The monoisotopic (exact) mass is 440 g/mol. The largest absolute Gasteiger partial charge is 0.491 e. The van der Waals surface area contributed by atoms with Gasteiger partial charge in [0.15, 0.2) is 0 Å². The second kappa shape index (κ2) is 7.58. The average molecular weight is 440 g/mol. The van der Waals surface area contributed by atoms with Crippen molar-refractivity contribution in [3.8, 4) is 11.4 Å². The summed E-state index contributed by atoms with van der Waals surface area (Å²) >= 11 is 0. The highest BCUT2D eigenvalue weighted by Crippen LogP contribution is 2.39. The molecule has 3 aromatic rings. The quantitative estimate of drug-likeness (QED) is 0.612. The van der Waals surface area contributed by atoms with Crippen LogP contribution in [0.2, 0.25) is 0 Å². The maximum absolute atomic E-state index is 13.8. The Morgan fingerprint density at radius 2 is 1.97 bits per heavy atom. The summed E-state index contributed by atoms with van der Waals surface area (Å²) in [6, 6.07) is 8.37. The molecule has 0 bridgehead atoms. The Labute approximate surface area is 182 Å². The Balaban J connectivity index is 1.28. The van der Waals surface area contributed by atoms with E-state index in [1.165, 1.54) is 4.57 Å². The minimum absolute atomic E-state index is 0.185. The van der Waals surface area contributed by atoms with Gasteiger partial charge in [0.1, 0.15) is 23.7 Å². The zero-order chi connectivity index (χ0) is 22.5. The molecule has 2 aliphatic rings. The summed E-state index contributed by atoms with van der Waals surface area (Å²) in [6.07, 6.45) is 2.74. The molecule has 0 saturated heterocycles. The summed E-state index contributed by atoms with van der Waals surface area (Å²) in [5, 5.41) is 0. The minimum atomic E-state index is -2.74. The van der Waals surface area contributed by atoms with Crippen molar-refractivity contribution in [1.82, 2.24) is 19.0 Å². The van der Waals surface area contributed by atoms with Gasteiger partial charge in [-0.3, -0.25) is 9.59 Å². The molecule has 5 rings (SSSR count). The number of ether oxygens (including phenoxy) is 1. The van der Waals surface area contributed by atoms with E-state index in [0.717, 1.165) is 5.69 Å². The molecule has 0 fully saturated rings. The molecule has 1 aromatic carbocycles. The number of aromatic nitrogens is 3. The second-order valence-electron chi connectivity index (χ2n) is 8.23. The first-order chi connectivity index (χ1) is 15.3. The zero-order valence-corrected chi connectivity index (χ0v) is 17.6. The SMILES string of the molecule is Cc1cn(-c2ccc3n(c2=O)CCN(CCOc2cccc4c2CC(F)(F)C4)C3=O)cn1. The maximum atomic E-state index is 13.8. The number of carbonyl (C=O) groups excluding carboxylic acids is 1. The van der Waals surface area contributed by atoms with Gasteiger partial charge < -0.3 is 18.8 Å². The Bertz CT molecular complexity index is 1260. The lowest BCUT2D eigenvalue weighted by Crippen LogP contribution is -2.46. The van der Waals surface area contributed by atoms with Crippen molar-refractivity contribution in [3.63, 3.8) is 0 Å². The standard InChI is InChI=1S/C23H22F2N4O3/c1-15-13-28(14-26-15)18-5-6-19-21(30)27(7-8-29(19)22(18)31)9-10-32-20-4-2-3-16-11-23(24,25)12-17(16)20/h2-6,13-14H,7-12H2,1H3. The summed E-state index contributed by atoms with van der Waals surface area (Å²) < 4.78 is 36.4. The third-order valence-electron chi connectivity index (χ3n) is 5.98. The molecule has 0 N–H and O–H groups in total. The molecule has 0 unspecified atom stereocenters. The highest BCUT2D eigenvalue weighted by Gasteiger charge is 2.39. The van der Waals surface area contributed by atoms with Crippen molar-refractivity contribution < 1.29 is 18.3 Å². The van der Waals surface area contributed by atoms with Crippen LogP contribution >= 0.6 is 0 Å². The lowest BCUT2D eigenvalue weighted by Gasteiger charge is -2.29. The van der Waals surface area contributed by atoms with Crippen molar-refractivity contribution in [2.75, 3.05) is 19.7 Å². The molecule has 3 heterocycles. The van der Waals surface area contributed by atoms with Crippen LogP contribution in [-0.2, 0) is 19.4 Å². The fraction of sp³-hybridized carbons (Fsp3) is 0.348. The fourth-order valence-corrected chi connectivity index (χ4v) is 4.40. The predicted molar refractivity (Wildman–Crippen MR) is 113 cm³/mol. The topological polar surface area (TPSA) is 69.4 Å². The van der Waals surface area contributed by atoms with Gasteiger partial charge in [0, 0.05) is 37.7 Å². The van der Waals surface area contributed by atoms with Gasteiger partial charge in [0.05, 0.1) is 18.6 Å². The number of rotatable bonds is 5. The summed E-state index contributed by atoms with van der Waals surface area (Å²) in [5.41, 5.74) is 2.46. The number of amides is 1. The van der Waals surface area contributed by atoms with E-state index in [4.69, 9.17) is 4.74 Å². The summed E-state index contributed by atoms with van der Waals surface area (Å²) in [4.78, 5) is 31.6. The van der Waals surface area contributed by atoms with E-state index in [0.29, 0.717) is 47.9 Å². The second-order valence-corrected chi connectivity index (χ2v) is 8.23. The first kappa shape index (κ1) is 20.4. The first-order valence-electron chi connectivity index (χ1n) is 10.5. The molecule has 1 aliphatic heterocycles. The smallest absolute Gasteiger partial charge is 0.275 e. The van der Waals surface area contributed by atoms with Crippen molar-refractivity contribution in [1.29, 1.82) is 0 Å². The van der Waals surface area contributed by atoms with E-state index < -0.39 is 5.92 Å². The number of hydrogen-bond donors (Lipinski definition) is 0. The van der Waals surface area contributed by atoms with Crippen molar-refractivity contribution in [3.05, 3.63) is 75.7 Å². The molecule has 0 spiro atoms. The van der Waals surface area contributed by atoms with Gasteiger partial charge >= 0.3 is 0 Å². The maximum Gasteiger partial charge on any atom is 0.275 e. The van der Waals surface area contributed by atoms with Gasteiger partial charge in [0.25, 0.3) is 17.4 Å². The van der Waals surface area contributed by atoms with Gasteiger partial charge in [0.2, 0.25) is 0 Å².